The molecule has 21 heavy (non-hydrogen) atoms. The summed E-state index contributed by atoms with van der Waals surface area (Å²) in [5.41, 5.74) is 11.1. The SMILES string of the molecule is Cc1ccccc1-c1c(N)n[nH]c1-c1ccc(I)c(Cl)c1. The number of nitrogens with two attached hydrogens (primary N) is 1. The highest BCUT2D eigenvalue weighted by atomic mass is 127. The molecule has 0 saturated carbocycles. The van der Waals surface area contributed by atoms with Crippen LogP contribution < -0.4 is 5.73 Å². The zero-order chi connectivity index (χ0) is 15.0. The van der Waals surface area contributed by atoms with Crippen molar-refractivity contribution in [3.8, 4) is 22.4 Å². The largest absolute Gasteiger partial charge is 0.382 e. The van der Waals surface area contributed by atoms with E-state index in [1.165, 1.54) is 0 Å². The predicted molar refractivity (Wildman–Crippen MR) is 96.3 cm³/mol. The average molecular weight is 410 g/mol. The van der Waals surface area contributed by atoms with Crippen LogP contribution in [0.3, 0.4) is 0 Å². The molecule has 0 spiro atoms. The summed E-state index contributed by atoms with van der Waals surface area (Å²) >= 11 is 8.44. The molecule has 0 aliphatic heterocycles. The maximum Gasteiger partial charge on any atom is 0.153 e. The van der Waals surface area contributed by atoms with Gasteiger partial charge in [0.25, 0.3) is 0 Å². The first-order valence-electron chi connectivity index (χ1n) is 6.43. The number of aryl methyl sites for hydroxylation is 1. The number of H-pyrrole nitrogens is 1. The van der Waals surface area contributed by atoms with Crippen molar-refractivity contribution in [2.45, 2.75) is 6.92 Å². The first-order valence-corrected chi connectivity index (χ1v) is 7.89. The summed E-state index contributed by atoms with van der Waals surface area (Å²) in [6, 6.07) is 14.0. The zero-order valence-corrected chi connectivity index (χ0v) is 14.2. The summed E-state index contributed by atoms with van der Waals surface area (Å²) in [5.74, 6) is 0.494. The molecule has 3 rings (SSSR count). The minimum absolute atomic E-state index is 0.494. The van der Waals surface area contributed by atoms with E-state index in [1.807, 2.05) is 36.4 Å². The quantitative estimate of drug-likeness (QED) is 0.592. The molecule has 3 nitrogen and oxygen atoms in total. The average Bonchev–Trinajstić information content (AvgIpc) is 2.84. The Hall–Kier alpha value is -1.53. The van der Waals surface area contributed by atoms with Gasteiger partial charge in [-0.3, -0.25) is 5.10 Å². The summed E-state index contributed by atoms with van der Waals surface area (Å²) < 4.78 is 1.02. The van der Waals surface area contributed by atoms with E-state index in [0.29, 0.717) is 5.82 Å². The van der Waals surface area contributed by atoms with Crippen LogP contribution in [0.25, 0.3) is 22.4 Å². The lowest BCUT2D eigenvalue weighted by molar-refractivity contribution is 1.10. The molecule has 0 radical (unpaired) electrons. The van der Waals surface area contributed by atoms with E-state index >= 15 is 0 Å². The topological polar surface area (TPSA) is 54.7 Å². The lowest BCUT2D eigenvalue weighted by atomic mass is 9.97. The van der Waals surface area contributed by atoms with E-state index in [9.17, 15) is 0 Å². The van der Waals surface area contributed by atoms with Crippen LogP contribution in [0.4, 0.5) is 5.82 Å². The third-order valence-corrected chi connectivity index (χ3v) is 4.99. The Morgan fingerprint density at radius 1 is 1.19 bits per heavy atom. The van der Waals surface area contributed by atoms with Crippen LogP contribution in [0.2, 0.25) is 5.02 Å². The number of hydrogen-bond acceptors (Lipinski definition) is 2. The van der Waals surface area contributed by atoms with Gasteiger partial charge in [0.1, 0.15) is 0 Å². The van der Waals surface area contributed by atoms with Crippen LogP contribution in [0.5, 0.6) is 0 Å². The number of aromatic nitrogens is 2. The van der Waals surface area contributed by atoms with Gasteiger partial charge in [-0.05, 0) is 52.8 Å². The van der Waals surface area contributed by atoms with Crippen molar-refractivity contribution in [2.24, 2.45) is 0 Å². The second kappa shape index (κ2) is 5.69. The monoisotopic (exact) mass is 409 g/mol. The van der Waals surface area contributed by atoms with Crippen molar-refractivity contribution in [1.82, 2.24) is 10.2 Å². The predicted octanol–water partition coefficient (Wildman–Crippen LogP) is 4.89. The Balaban J connectivity index is 2.22. The normalized spacial score (nSPS) is 10.8. The summed E-state index contributed by atoms with van der Waals surface area (Å²) in [4.78, 5) is 0. The third-order valence-electron chi connectivity index (χ3n) is 3.42. The van der Waals surface area contributed by atoms with E-state index in [-0.39, 0.29) is 0 Å². The maximum atomic E-state index is 6.23. The second-order valence-corrected chi connectivity index (χ2v) is 6.37. The highest BCUT2D eigenvalue weighted by Gasteiger charge is 2.16. The lowest BCUT2D eigenvalue weighted by Crippen LogP contribution is -1.91. The highest BCUT2D eigenvalue weighted by Crippen LogP contribution is 2.37. The molecule has 0 bridgehead atoms. The first-order chi connectivity index (χ1) is 10.1. The molecule has 0 aliphatic rings. The summed E-state index contributed by atoms with van der Waals surface area (Å²) in [7, 11) is 0. The zero-order valence-electron chi connectivity index (χ0n) is 11.3. The van der Waals surface area contributed by atoms with Gasteiger partial charge in [-0.1, -0.05) is 41.9 Å². The third kappa shape index (κ3) is 2.65. The molecule has 106 valence electrons. The van der Waals surface area contributed by atoms with Crippen molar-refractivity contribution in [1.29, 1.82) is 0 Å². The molecule has 0 saturated heterocycles. The smallest absolute Gasteiger partial charge is 0.153 e. The number of hydrogen-bond donors (Lipinski definition) is 2. The van der Waals surface area contributed by atoms with E-state index < -0.39 is 0 Å². The molecule has 3 aromatic rings. The van der Waals surface area contributed by atoms with Gasteiger partial charge in [0, 0.05) is 9.13 Å². The van der Waals surface area contributed by atoms with Crippen LogP contribution in [0.1, 0.15) is 5.56 Å². The number of nitrogens with zero attached hydrogens (tertiary/aromatic N) is 1. The number of halogens is 2. The molecule has 0 amide bonds. The lowest BCUT2D eigenvalue weighted by Gasteiger charge is -2.08. The second-order valence-electron chi connectivity index (χ2n) is 4.80. The van der Waals surface area contributed by atoms with Crippen molar-refractivity contribution < 1.29 is 0 Å². The van der Waals surface area contributed by atoms with E-state index in [4.69, 9.17) is 17.3 Å². The molecule has 0 unspecified atom stereocenters. The van der Waals surface area contributed by atoms with Gasteiger partial charge in [-0.15, -0.1) is 0 Å². The van der Waals surface area contributed by atoms with Gasteiger partial charge in [0.2, 0.25) is 0 Å². The Bertz CT molecular complexity index is 811. The van der Waals surface area contributed by atoms with Crippen molar-refractivity contribution in [2.75, 3.05) is 5.73 Å². The maximum absolute atomic E-state index is 6.23. The number of anilines is 1. The number of nitrogen functional groups attached to an aromatic ring is 1. The molecule has 3 N–H and O–H groups in total. The molecular formula is C16H13ClIN3. The first kappa shape index (κ1) is 14.4. The number of aromatic amines is 1. The van der Waals surface area contributed by atoms with Crippen LogP contribution in [-0.4, -0.2) is 10.2 Å². The van der Waals surface area contributed by atoms with Gasteiger partial charge in [0.05, 0.1) is 16.3 Å². The van der Waals surface area contributed by atoms with Crippen LogP contribution in [0, 0.1) is 10.5 Å². The molecule has 5 heteroatoms. The molecule has 0 atom stereocenters. The van der Waals surface area contributed by atoms with Gasteiger partial charge in [0.15, 0.2) is 5.82 Å². The van der Waals surface area contributed by atoms with Crippen LogP contribution >= 0.6 is 34.2 Å². The fourth-order valence-electron chi connectivity index (χ4n) is 2.34. The molecule has 1 aromatic heterocycles. The Labute approximate surface area is 141 Å². The van der Waals surface area contributed by atoms with Crippen molar-refractivity contribution in [3.63, 3.8) is 0 Å². The van der Waals surface area contributed by atoms with Gasteiger partial charge >= 0.3 is 0 Å². The number of benzene rings is 2. The summed E-state index contributed by atoms with van der Waals surface area (Å²) in [6.45, 7) is 2.06. The van der Waals surface area contributed by atoms with Crippen molar-refractivity contribution in [3.05, 3.63) is 56.6 Å². The highest BCUT2D eigenvalue weighted by molar-refractivity contribution is 14.1. The minimum Gasteiger partial charge on any atom is -0.382 e. The number of rotatable bonds is 2. The minimum atomic E-state index is 0.494. The molecule has 0 fully saturated rings. The van der Waals surface area contributed by atoms with Gasteiger partial charge in [-0.25, -0.2) is 0 Å². The fraction of sp³-hybridized carbons (Fsp3) is 0.0625. The van der Waals surface area contributed by atoms with Crippen molar-refractivity contribution >= 4 is 40.0 Å². The van der Waals surface area contributed by atoms with Gasteiger partial charge in [-0.2, -0.15) is 5.10 Å². The van der Waals surface area contributed by atoms with E-state index in [0.717, 1.165) is 36.5 Å². The van der Waals surface area contributed by atoms with Crippen LogP contribution in [-0.2, 0) is 0 Å². The van der Waals surface area contributed by atoms with E-state index in [1.54, 1.807) is 0 Å². The molecular weight excluding hydrogens is 397 g/mol. The van der Waals surface area contributed by atoms with E-state index in [2.05, 4.69) is 45.8 Å². The van der Waals surface area contributed by atoms with Gasteiger partial charge < -0.3 is 5.73 Å². The summed E-state index contributed by atoms with van der Waals surface area (Å²) in [6.07, 6.45) is 0. The Morgan fingerprint density at radius 2 is 1.95 bits per heavy atom. The number of nitrogens with one attached hydrogen (secondary N) is 1. The van der Waals surface area contributed by atoms with Crippen LogP contribution in [0.15, 0.2) is 42.5 Å². The molecule has 2 aromatic carbocycles. The summed E-state index contributed by atoms with van der Waals surface area (Å²) in [5, 5.41) is 7.92. The molecule has 1 heterocycles. The standard InChI is InChI=1S/C16H13ClIN3/c1-9-4-2-3-5-11(9)14-15(20-21-16(14)19)10-6-7-13(18)12(17)8-10/h2-8H,1H3,(H3,19,20,21). The Kier molecular flexibility index (Phi) is 3.91. The molecule has 0 aliphatic carbocycles. The fourth-order valence-corrected chi connectivity index (χ4v) is 2.86. The Morgan fingerprint density at radius 3 is 2.67 bits per heavy atom.